The number of aryl methyl sites for hydroxylation is 1. The molecule has 98 valence electrons. The highest BCUT2D eigenvalue weighted by Gasteiger charge is 2.06. The summed E-state index contributed by atoms with van der Waals surface area (Å²) in [6.07, 6.45) is 5.48. The van der Waals surface area contributed by atoms with Crippen molar-refractivity contribution in [3.05, 3.63) is 21.5 Å². The molecule has 1 N–H and O–H groups in total. The Kier molecular flexibility index (Phi) is 4.56. The number of hydrogen-bond donors (Lipinski definition) is 1. The second kappa shape index (κ2) is 5.97. The molecule has 2 aromatic rings. The van der Waals surface area contributed by atoms with E-state index >= 15 is 0 Å². The molecule has 0 unspecified atom stereocenters. The van der Waals surface area contributed by atoms with E-state index in [-0.39, 0.29) is 0 Å². The molecule has 0 atom stereocenters. The van der Waals surface area contributed by atoms with Gasteiger partial charge in [0.25, 0.3) is 0 Å². The zero-order chi connectivity index (χ0) is 13.1. The normalized spacial score (nSPS) is 11.6. The molecule has 0 aromatic carbocycles. The Bertz CT molecular complexity index is 585. The third kappa shape index (κ3) is 3.20. The van der Waals surface area contributed by atoms with Gasteiger partial charge in [0.15, 0.2) is 10.4 Å². The lowest BCUT2D eigenvalue weighted by Crippen LogP contribution is -2.00. The molecular formula is C13H18BrN3S. The maximum absolute atomic E-state index is 5.35. The SMILES string of the molecule is CC(C)CCCCn1c(=S)[nH]c2cc(Br)cnc21. The molecule has 0 radical (unpaired) electrons. The summed E-state index contributed by atoms with van der Waals surface area (Å²) in [6, 6.07) is 2.02. The number of H-pyrrole nitrogens is 1. The first-order chi connectivity index (χ1) is 8.58. The largest absolute Gasteiger partial charge is 0.329 e. The van der Waals surface area contributed by atoms with Crippen molar-refractivity contribution in [3.8, 4) is 0 Å². The van der Waals surface area contributed by atoms with E-state index in [4.69, 9.17) is 12.2 Å². The summed E-state index contributed by atoms with van der Waals surface area (Å²) >= 11 is 8.77. The van der Waals surface area contributed by atoms with E-state index in [2.05, 4.69) is 44.3 Å². The van der Waals surface area contributed by atoms with Crippen molar-refractivity contribution in [1.82, 2.24) is 14.5 Å². The molecule has 0 amide bonds. The zero-order valence-electron chi connectivity index (χ0n) is 10.7. The molecule has 5 heteroatoms. The van der Waals surface area contributed by atoms with Crippen LogP contribution in [0.1, 0.15) is 33.1 Å². The molecule has 0 aliphatic heterocycles. The fraction of sp³-hybridized carbons (Fsp3) is 0.538. The van der Waals surface area contributed by atoms with Crippen molar-refractivity contribution >= 4 is 39.3 Å². The highest BCUT2D eigenvalue weighted by molar-refractivity contribution is 9.10. The quantitative estimate of drug-likeness (QED) is 0.638. The Morgan fingerprint density at radius 2 is 2.22 bits per heavy atom. The fourth-order valence-electron chi connectivity index (χ4n) is 2.05. The van der Waals surface area contributed by atoms with Gasteiger partial charge in [-0.3, -0.25) is 0 Å². The molecule has 0 saturated heterocycles. The molecule has 2 heterocycles. The second-order valence-electron chi connectivity index (χ2n) is 5.00. The number of aromatic amines is 1. The highest BCUT2D eigenvalue weighted by atomic mass is 79.9. The number of hydrogen-bond acceptors (Lipinski definition) is 2. The molecule has 2 rings (SSSR count). The van der Waals surface area contributed by atoms with Crippen LogP contribution in [0.2, 0.25) is 0 Å². The van der Waals surface area contributed by atoms with E-state index in [1.807, 2.05) is 12.3 Å². The van der Waals surface area contributed by atoms with Gasteiger partial charge in [0.2, 0.25) is 0 Å². The molecule has 0 bridgehead atoms. The third-order valence-electron chi connectivity index (χ3n) is 2.99. The molecule has 18 heavy (non-hydrogen) atoms. The third-order valence-corrected chi connectivity index (χ3v) is 3.75. The minimum Gasteiger partial charge on any atom is -0.329 e. The van der Waals surface area contributed by atoms with Gasteiger partial charge in [0, 0.05) is 17.2 Å². The first-order valence-corrected chi connectivity index (χ1v) is 7.52. The monoisotopic (exact) mass is 327 g/mol. The van der Waals surface area contributed by atoms with Crippen molar-refractivity contribution in [3.63, 3.8) is 0 Å². The Morgan fingerprint density at radius 3 is 2.94 bits per heavy atom. The lowest BCUT2D eigenvalue weighted by Gasteiger charge is -2.06. The van der Waals surface area contributed by atoms with E-state index in [0.717, 1.165) is 39.3 Å². The Hall–Kier alpha value is -0.680. The van der Waals surface area contributed by atoms with E-state index in [9.17, 15) is 0 Å². The second-order valence-corrected chi connectivity index (χ2v) is 6.30. The standard InChI is InChI=1S/C13H18BrN3S/c1-9(2)5-3-4-6-17-12-11(16-13(17)18)7-10(14)8-15-12/h7-9H,3-6H2,1-2H3,(H,16,18). The van der Waals surface area contributed by atoms with Crippen LogP contribution in [0.3, 0.4) is 0 Å². The number of nitrogens with zero attached hydrogens (tertiary/aromatic N) is 2. The number of unbranched alkanes of at least 4 members (excludes halogenated alkanes) is 1. The maximum atomic E-state index is 5.35. The number of rotatable bonds is 5. The van der Waals surface area contributed by atoms with Crippen LogP contribution in [-0.4, -0.2) is 14.5 Å². The Labute approximate surface area is 121 Å². The van der Waals surface area contributed by atoms with Gasteiger partial charge in [-0.1, -0.05) is 26.7 Å². The average Bonchev–Trinajstić information content (AvgIpc) is 2.59. The van der Waals surface area contributed by atoms with Crippen LogP contribution in [-0.2, 0) is 6.54 Å². The minimum atomic E-state index is 0.764. The molecule has 2 aromatic heterocycles. The smallest absolute Gasteiger partial charge is 0.179 e. The van der Waals surface area contributed by atoms with Gasteiger partial charge in [0.05, 0.1) is 5.52 Å². The Morgan fingerprint density at radius 1 is 1.44 bits per heavy atom. The van der Waals surface area contributed by atoms with Gasteiger partial charge in [-0.2, -0.15) is 0 Å². The van der Waals surface area contributed by atoms with Crippen LogP contribution < -0.4 is 0 Å². The van der Waals surface area contributed by atoms with E-state index in [1.54, 1.807) is 0 Å². The maximum Gasteiger partial charge on any atom is 0.179 e. The summed E-state index contributed by atoms with van der Waals surface area (Å²) in [7, 11) is 0. The topological polar surface area (TPSA) is 33.6 Å². The van der Waals surface area contributed by atoms with E-state index in [1.165, 1.54) is 12.8 Å². The molecule has 0 aliphatic rings. The minimum absolute atomic E-state index is 0.764. The van der Waals surface area contributed by atoms with Crippen LogP contribution >= 0.6 is 28.1 Å². The summed E-state index contributed by atoms with van der Waals surface area (Å²) in [5.41, 5.74) is 1.95. The van der Waals surface area contributed by atoms with Crippen molar-refractivity contribution in [2.24, 2.45) is 5.92 Å². The van der Waals surface area contributed by atoms with Crippen LogP contribution in [0.4, 0.5) is 0 Å². The molecule has 0 fully saturated rings. The molecule has 0 aliphatic carbocycles. The lowest BCUT2D eigenvalue weighted by molar-refractivity contribution is 0.510. The first kappa shape index (κ1) is 13.7. The highest BCUT2D eigenvalue weighted by Crippen LogP contribution is 2.18. The number of fused-ring (bicyclic) bond motifs is 1. The molecule has 3 nitrogen and oxygen atoms in total. The van der Waals surface area contributed by atoms with Crippen LogP contribution in [0.15, 0.2) is 16.7 Å². The zero-order valence-corrected chi connectivity index (χ0v) is 13.1. The van der Waals surface area contributed by atoms with Crippen molar-refractivity contribution in [2.75, 3.05) is 0 Å². The molecule has 0 saturated carbocycles. The molecular weight excluding hydrogens is 310 g/mol. The fourth-order valence-corrected chi connectivity index (χ4v) is 2.67. The first-order valence-electron chi connectivity index (χ1n) is 6.32. The summed E-state index contributed by atoms with van der Waals surface area (Å²) < 4.78 is 3.83. The number of pyridine rings is 1. The van der Waals surface area contributed by atoms with Gasteiger partial charge in [-0.15, -0.1) is 0 Å². The number of aromatic nitrogens is 3. The predicted octanol–water partition coefficient (Wildman–Crippen LogP) is 4.68. The van der Waals surface area contributed by atoms with Crippen LogP contribution in [0, 0.1) is 10.7 Å². The van der Waals surface area contributed by atoms with Crippen molar-refractivity contribution in [2.45, 2.75) is 39.7 Å². The van der Waals surface area contributed by atoms with E-state index < -0.39 is 0 Å². The van der Waals surface area contributed by atoms with Crippen molar-refractivity contribution < 1.29 is 0 Å². The molecule has 0 spiro atoms. The summed E-state index contributed by atoms with van der Waals surface area (Å²) in [6.45, 7) is 5.47. The average molecular weight is 328 g/mol. The van der Waals surface area contributed by atoms with Gasteiger partial charge >= 0.3 is 0 Å². The number of imidazole rings is 1. The number of halogens is 1. The summed E-state index contributed by atoms with van der Waals surface area (Å²) in [5.74, 6) is 0.773. The van der Waals surface area contributed by atoms with E-state index in [0.29, 0.717) is 0 Å². The summed E-state index contributed by atoms with van der Waals surface area (Å²) in [4.78, 5) is 7.64. The predicted molar refractivity (Wildman–Crippen MR) is 81.3 cm³/mol. The lowest BCUT2D eigenvalue weighted by atomic mass is 10.1. The summed E-state index contributed by atoms with van der Waals surface area (Å²) in [5, 5.41) is 0. The van der Waals surface area contributed by atoms with Crippen LogP contribution in [0.5, 0.6) is 0 Å². The Balaban J connectivity index is 2.13. The van der Waals surface area contributed by atoms with Crippen molar-refractivity contribution in [1.29, 1.82) is 0 Å². The van der Waals surface area contributed by atoms with Gasteiger partial charge in [-0.05, 0) is 46.6 Å². The van der Waals surface area contributed by atoms with Gasteiger partial charge in [-0.25, -0.2) is 4.98 Å². The van der Waals surface area contributed by atoms with Gasteiger partial charge < -0.3 is 9.55 Å². The van der Waals surface area contributed by atoms with Crippen LogP contribution in [0.25, 0.3) is 11.2 Å². The number of nitrogens with one attached hydrogen (secondary N) is 1. The van der Waals surface area contributed by atoms with Gasteiger partial charge in [0.1, 0.15) is 0 Å².